The molecular formula is C11H9Cl2N5OS. The molecule has 0 saturated heterocycles. The number of nitrogens with zero attached hydrogens (tertiary/aromatic N) is 4. The number of aromatic nitrogens is 4. The summed E-state index contributed by atoms with van der Waals surface area (Å²) in [6.45, 7) is 0.498. The first-order chi connectivity index (χ1) is 9.56. The van der Waals surface area contributed by atoms with Crippen LogP contribution in [0.1, 0.15) is 5.69 Å². The van der Waals surface area contributed by atoms with Crippen LogP contribution in [0.5, 0.6) is 0 Å². The van der Waals surface area contributed by atoms with Gasteiger partial charge in [0.25, 0.3) is 5.56 Å². The summed E-state index contributed by atoms with van der Waals surface area (Å²) in [5.74, 6) is 0. The van der Waals surface area contributed by atoms with Gasteiger partial charge in [0.15, 0.2) is 0 Å². The zero-order chi connectivity index (χ0) is 14.3. The quantitative estimate of drug-likeness (QED) is 0.801. The minimum absolute atomic E-state index is 0.204. The second-order valence-electron chi connectivity index (χ2n) is 4.07. The zero-order valence-corrected chi connectivity index (χ0v) is 12.6. The van der Waals surface area contributed by atoms with E-state index >= 15 is 0 Å². The van der Waals surface area contributed by atoms with E-state index in [9.17, 15) is 4.79 Å². The van der Waals surface area contributed by atoms with Crippen LogP contribution in [-0.4, -0.2) is 19.2 Å². The molecule has 3 aromatic rings. The minimum Gasteiger partial charge on any atom is -0.355 e. The number of hydrogen-bond acceptors (Lipinski definition) is 5. The van der Waals surface area contributed by atoms with Gasteiger partial charge in [-0.1, -0.05) is 34.5 Å². The Balaban J connectivity index is 1.85. The fourth-order valence-corrected chi connectivity index (χ4v) is 2.93. The molecule has 0 aliphatic carbocycles. The van der Waals surface area contributed by atoms with Gasteiger partial charge in [0.05, 0.1) is 11.6 Å². The standard InChI is InChI=1S/C11H9Cl2N5OS/c1-17-6(4-7(12)9(17)13)5-15-10-16-18-8(19)2-3-14-11(18)20-10/h2-4H,5H2,1H3,(H,15,16). The molecule has 104 valence electrons. The van der Waals surface area contributed by atoms with E-state index in [4.69, 9.17) is 23.2 Å². The monoisotopic (exact) mass is 329 g/mol. The molecule has 3 heterocycles. The van der Waals surface area contributed by atoms with E-state index in [0.29, 0.717) is 26.8 Å². The third-order valence-corrected chi connectivity index (χ3v) is 4.53. The maximum Gasteiger partial charge on any atom is 0.275 e. The lowest BCUT2D eigenvalue weighted by Gasteiger charge is -2.04. The van der Waals surface area contributed by atoms with Gasteiger partial charge in [-0.2, -0.15) is 4.52 Å². The Hall–Kier alpha value is -1.57. The van der Waals surface area contributed by atoms with Crippen LogP contribution in [0.2, 0.25) is 10.2 Å². The van der Waals surface area contributed by atoms with Gasteiger partial charge in [-0.15, -0.1) is 5.10 Å². The SMILES string of the molecule is Cn1c(CNc2nn3c(=O)ccnc3s2)cc(Cl)c1Cl. The summed E-state index contributed by atoms with van der Waals surface area (Å²) in [6.07, 6.45) is 1.47. The Labute approximate surface area is 127 Å². The summed E-state index contributed by atoms with van der Waals surface area (Å²) in [7, 11) is 1.83. The van der Waals surface area contributed by atoms with E-state index in [1.807, 2.05) is 7.05 Å². The molecule has 0 aliphatic rings. The molecule has 0 saturated carbocycles. The molecule has 9 heteroatoms. The largest absolute Gasteiger partial charge is 0.355 e. The van der Waals surface area contributed by atoms with Crippen LogP contribution < -0.4 is 10.9 Å². The van der Waals surface area contributed by atoms with Crippen molar-refractivity contribution >= 4 is 44.6 Å². The summed E-state index contributed by atoms with van der Waals surface area (Å²) < 4.78 is 3.05. The molecular weight excluding hydrogens is 321 g/mol. The topological polar surface area (TPSA) is 64.2 Å². The van der Waals surface area contributed by atoms with Crippen molar-refractivity contribution in [1.82, 2.24) is 19.2 Å². The Morgan fingerprint density at radius 3 is 2.90 bits per heavy atom. The number of fused-ring (bicyclic) bond motifs is 1. The summed E-state index contributed by atoms with van der Waals surface area (Å²) >= 11 is 13.3. The Kier molecular flexibility index (Phi) is 3.41. The Bertz CT molecular complexity index is 837. The van der Waals surface area contributed by atoms with Crippen molar-refractivity contribution in [2.75, 3.05) is 5.32 Å². The summed E-state index contributed by atoms with van der Waals surface area (Å²) in [6, 6.07) is 3.15. The predicted molar refractivity (Wildman–Crippen MR) is 79.9 cm³/mol. The lowest BCUT2D eigenvalue weighted by molar-refractivity contribution is 0.836. The van der Waals surface area contributed by atoms with Crippen LogP contribution in [0, 0.1) is 0 Å². The van der Waals surface area contributed by atoms with Gasteiger partial charge in [-0.05, 0) is 6.07 Å². The van der Waals surface area contributed by atoms with Gasteiger partial charge in [-0.25, -0.2) is 4.98 Å². The van der Waals surface area contributed by atoms with Gasteiger partial charge in [0.1, 0.15) is 5.15 Å². The lowest BCUT2D eigenvalue weighted by atomic mass is 10.4. The molecule has 0 fully saturated rings. The number of rotatable bonds is 3. The second kappa shape index (κ2) is 5.08. The fraction of sp³-hybridized carbons (Fsp3) is 0.182. The zero-order valence-electron chi connectivity index (χ0n) is 10.3. The normalized spacial score (nSPS) is 11.2. The van der Waals surface area contributed by atoms with Gasteiger partial charge < -0.3 is 9.88 Å². The van der Waals surface area contributed by atoms with Crippen molar-refractivity contribution in [2.24, 2.45) is 7.05 Å². The van der Waals surface area contributed by atoms with Crippen LogP contribution >= 0.6 is 34.5 Å². The average Bonchev–Trinajstić information content (AvgIpc) is 2.95. The van der Waals surface area contributed by atoms with Crippen molar-refractivity contribution in [3.05, 3.63) is 44.6 Å². The van der Waals surface area contributed by atoms with Gasteiger partial charge >= 0.3 is 0 Å². The van der Waals surface area contributed by atoms with E-state index in [1.165, 1.54) is 28.1 Å². The third-order valence-electron chi connectivity index (χ3n) is 2.81. The minimum atomic E-state index is -0.204. The first-order valence-corrected chi connectivity index (χ1v) is 7.22. The molecule has 0 bridgehead atoms. The van der Waals surface area contributed by atoms with Crippen molar-refractivity contribution in [3.8, 4) is 0 Å². The molecule has 0 radical (unpaired) electrons. The first-order valence-electron chi connectivity index (χ1n) is 5.64. The highest BCUT2D eigenvalue weighted by Gasteiger charge is 2.10. The van der Waals surface area contributed by atoms with E-state index in [1.54, 1.807) is 10.6 Å². The number of hydrogen-bond donors (Lipinski definition) is 1. The van der Waals surface area contributed by atoms with Crippen LogP contribution in [0.3, 0.4) is 0 Å². The molecule has 20 heavy (non-hydrogen) atoms. The molecule has 3 aromatic heterocycles. The van der Waals surface area contributed by atoms with Crippen LogP contribution in [0.25, 0.3) is 4.96 Å². The summed E-state index contributed by atoms with van der Waals surface area (Å²) in [5.41, 5.74) is 0.712. The molecule has 0 unspecified atom stereocenters. The number of halogens is 2. The van der Waals surface area contributed by atoms with E-state index in [0.717, 1.165) is 5.69 Å². The highest BCUT2D eigenvalue weighted by Crippen LogP contribution is 2.26. The van der Waals surface area contributed by atoms with Gasteiger partial charge in [-0.3, -0.25) is 4.79 Å². The van der Waals surface area contributed by atoms with Crippen molar-refractivity contribution in [3.63, 3.8) is 0 Å². The lowest BCUT2D eigenvalue weighted by Crippen LogP contribution is -2.13. The molecule has 1 N–H and O–H groups in total. The van der Waals surface area contributed by atoms with Crippen molar-refractivity contribution < 1.29 is 0 Å². The van der Waals surface area contributed by atoms with Crippen LogP contribution in [-0.2, 0) is 13.6 Å². The fourth-order valence-electron chi connectivity index (χ4n) is 1.74. The number of anilines is 1. The molecule has 6 nitrogen and oxygen atoms in total. The molecule has 0 atom stereocenters. The van der Waals surface area contributed by atoms with Crippen LogP contribution in [0.4, 0.5) is 5.13 Å². The number of nitrogens with one attached hydrogen (secondary N) is 1. The molecule has 0 aliphatic heterocycles. The third kappa shape index (κ3) is 2.28. The van der Waals surface area contributed by atoms with Crippen molar-refractivity contribution in [2.45, 2.75) is 6.54 Å². The highest BCUT2D eigenvalue weighted by molar-refractivity contribution is 7.20. The molecule has 0 amide bonds. The maximum atomic E-state index is 11.6. The summed E-state index contributed by atoms with van der Waals surface area (Å²) in [5, 5.41) is 8.89. The highest BCUT2D eigenvalue weighted by atomic mass is 35.5. The first kappa shape index (κ1) is 13.4. The molecule has 3 rings (SSSR count). The van der Waals surface area contributed by atoms with Gasteiger partial charge in [0, 0.05) is 25.0 Å². The van der Waals surface area contributed by atoms with Crippen molar-refractivity contribution in [1.29, 1.82) is 0 Å². The molecule has 0 spiro atoms. The van der Waals surface area contributed by atoms with E-state index < -0.39 is 0 Å². The second-order valence-corrected chi connectivity index (χ2v) is 5.79. The summed E-state index contributed by atoms with van der Waals surface area (Å²) in [4.78, 5) is 16.2. The smallest absolute Gasteiger partial charge is 0.275 e. The van der Waals surface area contributed by atoms with E-state index in [-0.39, 0.29) is 5.56 Å². The van der Waals surface area contributed by atoms with E-state index in [2.05, 4.69) is 15.4 Å². The predicted octanol–water partition coefficient (Wildman–Crippen LogP) is 2.41. The van der Waals surface area contributed by atoms with Crippen LogP contribution in [0.15, 0.2) is 23.1 Å². The molecule has 0 aromatic carbocycles. The van der Waals surface area contributed by atoms with Gasteiger partial charge in [0.2, 0.25) is 10.1 Å². The average molecular weight is 330 g/mol. The Morgan fingerprint density at radius 2 is 2.25 bits per heavy atom. The Morgan fingerprint density at radius 1 is 1.45 bits per heavy atom. The maximum absolute atomic E-state index is 11.6.